The third kappa shape index (κ3) is 3.30. The summed E-state index contributed by atoms with van der Waals surface area (Å²) in [4.78, 5) is 2.04. The van der Waals surface area contributed by atoms with Crippen LogP contribution in [-0.4, -0.2) is 18.0 Å². The van der Waals surface area contributed by atoms with E-state index in [0.29, 0.717) is 13.1 Å². The van der Waals surface area contributed by atoms with Gasteiger partial charge in [0.1, 0.15) is 6.04 Å². The maximum Gasteiger partial charge on any atom is 0.124 e. The van der Waals surface area contributed by atoms with Crippen LogP contribution >= 0.6 is 0 Å². The largest absolute Gasteiger partial charge is 0.277 e. The Hall–Kier alpha value is -1.85. The summed E-state index contributed by atoms with van der Waals surface area (Å²) in [5, 5.41) is 9.37. The summed E-state index contributed by atoms with van der Waals surface area (Å²) in [6.07, 6.45) is 3.62. The summed E-state index contributed by atoms with van der Waals surface area (Å²) in [7, 11) is 0. The van der Waals surface area contributed by atoms with Gasteiger partial charge in [-0.15, -0.1) is 13.2 Å². The van der Waals surface area contributed by atoms with Crippen LogP contribution in [0.15, 0.2) is 49.6 Å². The zero-order chi connectivity index (χ0) is 12.7. The van der Waals surface area contributed by atoms with Crippen molar-refractivity contribution in [3.05, 3.63) is 60.7 Å². The van der Waals surface area contributed by atoms with Crippen molar-refractivity contribution in [2.75, 3.05) is 13.1 Å². The number of nitrogens with zero attached hydrogens (tertiary/aromatic N) is 2. The molecule has 0 radical (unpaired) electrons. The van der Waals surface area contributed by atoms with E-state index >= 15 is 0 Å². The van der Waals surface area contributed by atoms with E-state index in [1.807, 2.05) is 48.2 Å². The van der Waals surface area contributed by atoms with Gasteiger partial charge in [0.25, 0.3) is 0 Å². The van der Waals surface area contributed by atoms with Crippen molar-refractivity contribution < 1.29 is 0 Å². The average Bonchev–Trinajstić information content (AvgIpc) is 2.33. The first kappa shape index (κ1) is 13.2. The molecular formula is C15H18N2. The lowest BCUT2D eigenvalue weighted by Crippen LogP contribution is -2.28. The van der Waals surface area contributed by atoms with E-state index in [4.69, 9.17) is 0 Å². The summed E-state index contributed by atoms with van der Waals surface area (Å²) in [6.45, 7) is 10.8. The van der Waals surface area contributed by atoms with Gasteiger partial charge in [-0.05, 0) is 18.1 Å². The van der Waals surface area contributed by atoms with E-state index in [1.165, 1.54) is 0 Å². The van der Waals surface area contributed by atoms with Gasteiger partial charge in [0.2, 0.25) is 0 Å². The Morgan fingerprint density at radius 1 is 1.29 bits per heavy atom. The number of hydrogen-bond acceptors (Lipinski definition) is 2. The lowest BCUT2D eigenvalue weighted by Gasteiger charge is -2.25. The molecular weight excluding hydrogens is 208 g/mol. The van der Waals surface area contributed by atoms with Gasteiger partial charge in [-0.2, -0.15) is 5.26 Å². The van der Waals surface area contributed by atoms with Crippen LogP contribution in [0.25, 0.3) is 0 Å². The zero-order valence-electron chi connectivity index (χ0n) is 10.3. The zero-order valence-corrected chi connectivity index (χ0v) is 10.3. The molecule has 0 spiro atoms. The summed E-state index contributed by atoms with van der Waals surface area (Å²) in [6, 6.07) is 10.1. The maximum absolute atomic E-state index is 9.37. The molecule has 0 amide bonds. The molecule has 0 saturated heterocycles. The number of hydrogen-bond donors (Lipinski definition) is 0. The first-order chi connectivity index (χ1) is 8.24. The molecule has 1 aromatic rings. The van der Waals surface area contributed by atoms with Gasteiger partial charge in [-0.3, -0.25) is 4.90 Å². The monoisotopic (exact) mass is 226 g/mol. The molecule has 1 aromatic carbocycles. The third-order valence-electron chi connectivity index (χ3n) is 2.70. The van der Waals surface area contributed by atoms with Gasteiger partial charge in [0, 0.05) is 13.1 Å². The van der Waals surface area contributed by atoms with Gasteiger partial charge in [-0.1, -0.05) is 36.4 Å². The minimum absolute atomic E-state index is 0.243. The summed E-state index contributed by atoms with van der Waals surface area (Å²) < 4.78 is 0. The van der Waals surface area contributed by atoms with Gasteiger partial charge in [-0.25, -0.2) is 0 Å². The fourth-order valence-electron chi connectivity index (χ4n) is 1.86. The molecule has 1 atom stereocenters. The molecule has 1 rings (SSSR count). The molecule has 0 aliphatic rings. The molecule has 17 heavy (non-hydrogen) atoms. The normalized spacial score (nSPS) is 11.8. The predicted molar refractivity (Wildman–Crippen MR) is 71.5 cm³/mol. The van der Waals surface area contributed by atoms with E-state index in [0.717, 1.165) is 11.1 Å². The molecule has 0 N–H and O–H groups in total. The SMILES string of the molecule is C=CCN(CC=C)C(C#N)c1ccccc1C. The second-order valence-electron chi connectivity index (χ2n) is 3.92. The van der Waals surface area contributed by atoms with Crippen molar-refractivity contribution in [1.82, 2.24) is 4.90 Å². The number of aryl methyl sites for hydroxylation is 1. The second kappa shape index (κ2) is 6.67. The van der Waals surface area contributed by atoms with Gasteiger partial charge < -0.3 is 0 Å². The minimum atomic E-state index is -0.243. The van der Waals surface area contributed by atoms with Crippen molar-refractivity contribution >= 4 is 0 Å². The molecule has 0 saturated carbocycles. The van der Waals surface area contributed by atoms with E-state index in [2.05, 4.69) is 19.2 Å². The van der Waals surface area contributed by atoms with Crippen LogP contribution in [0.4, 0.5) is 0 Å². The fraction of sp³-hybridized carbons (Fsp3) is 0.267. The van der Waals surface area contributed by atoms with Crippen LogP contribution in [0.3, 0.4) is 0 Å². The Labute approximate surface area is 103 Å². The quantitative estimate of drug-likeness (QED) is 0.696. The molecule has 88 valence electrons. The van der Waals surface area contributed by atoms with Crippen LogP contribution in [0.5, 0.6) is 0 Å². The summed E-state index contributed by atoms with van der Waals surface area (Å²) in [5.41, 5.74) is 2.19. The average molecular weight is 226 g/mol. The molecule has 0 bridgehead atoms. The third-order valence-corrected chi connectivity index (χ3v) is 2.70. The van der Waals surface area contributed by atoms with Crippen LogP contribution in [0.1, 0.15) is 17.2 Å². The Balaban J connectivity index is 3.04. The molecule has 0 fully saturated rings. The Morgan fingerprint density at radius 2 is 1.88 bits per heavy atom. The Morgan fingerprint density at radius 3 is 2.35 bits per heavy atom. The fourth-order valence-corrected chi connectivity index (χ4v) is 1.86. The molecule has 2 nitrogen and oxygen atoms in total. The minimum Gasteiger partial charge on any atom is -0.277 e. The van der Waals surface area contributed by atoms with E-state index in [-0.39, 0.29) is 6.04 Å². The molecule has 0 aliphatic carbocycles. The van der Waals surface area contributed by atoms with E-state index in [1.54, 1.807) is 0 Å². The van der Waals surface area contributed by atoms with Crippen molar-refractivity contribution in [2.45, 2.75) is 13.0 Å². The lowest BCUT2D eigenvalue weighted by atomic mass is 10.0. The molecule has 0 aliphatic heterocycles. The predicted octanol–water partition coefficient (Wildman–Crippen LogP) is 3.23. The van der Waals surface area contributed by atoms with Crippen LogP contribution in [0, 0.1) is 18.3 Å². The smallest absolute Gasteiger partial charge is 0.124 e. The standard InChI is InChI=1S/C15H18N2/c1-4-10-17(11-5-2)15(12-16)14-9-7-6-8-13(14)3/h4-9,15H,1-2,10-11H2,3H3. The maximum atomic E-state index is 9.37. The molecule has 0 aromatic heterocycles. The first-order valence-corrected chi connectivity index (χ1v) is 5.65. The highest BCUT2D eigenvalue weighted by atomic mass is 15.1. The number of rotatable bonds is 6. The van der Waals surface area contributed by atoms with Crippen LogP contribution < -0.4 is 0 Å². The summed E-state index contributed by atoms with van der Waals surface area (Å²) >= 11 is 0. The Kier molecular flexibility index (Phi) is 5.19. The van der Waals surface area contributed by atoms with Gasteiger partial charge in [0.05, 0.1) is 6.07 Å². The molecule has 1 unspecified atom stereocenters. The van der Waals surface area contributed by atoms with Crippen molar-refractivity contribution in [3.8, 4) is 6.07 Å². The van der Waals surface area contributed by atoms with Crippen molar-refractivity contribution in [3.63, 3.8) is 0 Å². The van der Waals surface area contributed by atoms with Crippen LogP contribution in [0.2, 0.25) is 0 Å². The van der Waals surface area contributed by atoms with Crippen molar-refractivity contribution in [1.29, 1.82) is 5.26 Å². The van der Waals surface area contributed by atoms with E-state index in [9.17, 15) is 5.26 Å². The highest BCUT2D eigenvalue weighted by molar-refractivity contribution is 5.32. The summed E-state index contributed by atoms with van der Waals surface area (Å²) in [5.74, 6) is 0. The highest BCUT2D eigenvalue weighted by Gasteiger charge is 2.19. The lowest BCUT2D eigenvalue weighted by molar-refractivity contribution is 0.290. The van der Waals surface area contributed by atoms with Gasteiger partial charge >= 0.3 is 0 Å². The van der Waals surface area contributed by atoms with E-state index < -0.39 is 0 Å². The highest BCUT2D eigenvalue weighted by Crippen LogP contribution is 2.22. The van der Waals surface area contributed by atoms with Crippen LogP contribution in [-0.2, 0) is 0 Å². The Bertz CT molecular complexity index is 419. The van der Waals surface area contributed by atoms with Gasteiger partial charge in [0.15, 0.2) is 0 Å². The topological polar surface area (TPSA) is 27.0 Å². The molecule has 2 heteroatoms. The second-order valence-corrected chi connectivity index (χ2v) is 3.92. The number of nitriles is 1. The first-order valence-electron chi connectivity index (χ1n) is 5.65. The molecule has 0 heterocycles. The number of benzene rings is 1. The van der Waals surface area contributed by atoms with Crippen molar-refractivity contribution in [2.24, 2.45) is 0 Å².